The molecule has 1 aliphatic rings. The summed E-state index contributed by atoms with van der Waals surface area (Å²) in [7, 11) is 0. The van der Waals surface area contributed by atoms with Gasteiger partial charge in [-0.1, -0.05) is 17.7 Å². The molecule has 0 saturated carbocycles. The van der Waals surface area contributed by atoms with Crippen molar-refractivity contribution in [2.24, 2.45) is 0 Å². The standard InChI is InChI=1S/C13H17NO2/c1-9-3-4-12(10(2)7-9)13(15)14-8-11-5-6-16-11/h3-4,7,11H,5-6,8H2,1-2H3,(H,14,15). The van der Waals surface area contributed by atoms with Crippen LogP contribution in [0.3, 0.4) is 0 Å². The average molecular weight is 219 g/mol. The molecule has 0 aliphatic carbocycles. The van der Waals surface area contributed by atoms with E-state index >= 15 is 0 Å². The predicted octanol–water partition coefficient (Wildman–Crippen LogP) is 1.82. The second kappa shape index (κ2) is 4.66. The van der Waals surface area contributed by atoms with E-state index in [1.54, 1.807) is 0 Å². The molecule has 1 amide bonds. The Hall–Kier alpha value is -1.35. The van der Waals surface area contributed by atoms with Crippen LogP contribution in [0.4, 0.5) is 0 Å². The van der Waals surface area contributed by atoms with Crippen LogP contribution in [-0.2, 0) is 4.74 Å². The maximum Gasteiger partial charge on any atom is 0.251 e. The summed E-state index contributed by atoms with van der Waals surface area (Å²) in [6.07, 6.45) is 1.27. The van der Waals surface area contributed by atoms with Gasteiger partial charge in [0.2, 0.25) is 0 Å². The van der Waals surface area contributed by atoms with Gasteiger partial charge in [-0.2, -0.15) is 0 Å². The van der Waals surface area contributed by atoms with Gasteiger partial charge < -0.3 is 10.1 Å². The maximum atomic E-state index is 11.9. The van der Waals surface area contributed by atoms with E-state index in [1.165, 1.54) is 5.56 Å². The highest BCUT2D eigenvalue weighted by molar-refractivity contribution is 5.95. The minimum absolute atomic E-state index is 0.00648. The Labute approximate surface area is 95.8 Å². The molecular weight excluding hydrogens is 202 g/mol. The lowest BCUT2D eigenvalue weighted by atomic mass is 10.1. The van der Waals surface area contributed by atoms with E-state index in [9.17, 15) is 4.79 Å². The fourth-order valence-corrected chi connectivity index (χ4v) is 1.82. The van der Waals surface area contributed by atoms with E-state index in [2.05, 4.69) is 5.32 Å². The number of hydrogen-bond donors (Lipinski definition) is 1. The summed E-state index contributed by atoms with van der Waals surface area (Å²) >= 11 is 0. The largest absolute Gasteiger partial charge is 0.376 e. The molecule has 3 heteroatoms. The van der Waals surface area contributed by atoms with Crippen molar-refractivity contribution in [3.8, 4) is 0 Å². The van der Waals surface area contributed by atoms with E-state index in [0.717, 1.165) is 24.2 Å². The third-order valence-electron chi connectivity index (χ3n) is 2.91. The predicted molar refractivity (Wildman–Crippen MR) is 62.6 cm³/mol. The Balaban J connectivity index is 1.96. The van der Waals surface area contributed by atoms with Crippen LogP contribution in [0.15, 0.2) is 18.2 Å². The monoisotopic (exact) mass is 219 g/mol. The smallest absolute Gasteiger partial charge is 0.251 e. The fourth-order valence-electron chi connectivity index (χ4n) is 1.82. The van der Waals surface area contributed by atoms with Gasteiger partial charge in [0.05, 0.1) is 6.10 Å². The summed E-state index contributed by atoms with van der Waals surface area (Å²) in [5.74, 6) is -0.00648. The molecule has 0 spiro atoms. The molecule has 0 bridgehead atoms. The van der Waals surface area contributed by atoms with Gasteiger partial charge in [0.25, 0.3) is 5.91 Å². The highest BCUT2D eigenvalue weighted by atomic mass is 16.5. The minimum atomic E-state index is -0.00648. The van der Waals surface area contributed by atoms with Gasteiger partial charge in [0.1, 0.15) is 0 Å². The molecule has 1 aliphatic heterocycles. The van der Waals surface area contributed by atoms with E-state index in [0.29, 0.717) is 6.54 Å². The van der Waals surface area contributed by atoms with Crippen LogP contribution in [0.25, 0.3) is 0 Å². The van der Waals surface area contributed by atoms with Crippen molar-refractivity contribution in [2.45, 2.75) is 26.4 Å². The normalized spacial score (nSPS) is 19.0. The van der Waals surface area contributed by atoms with E-state index in [-0.39, 0.29) is 12.0 Å². The van der Waals surface area contributed by atoms with Gasteiger partial charge in [0, 0.05) is 18.7 Å². The van der Waals surface area contributed by atoms with Gasteiger partial charge in [0.15, 0.2) is 0 Å². The Morgan fingerprint density at radius 2 is 2.25 bits per heavy atom. The highest BCUT2D eigenvalue weighted by Crippen LogP contribution is 2.12. The molecular formula is C13H17NO2. The van der Waals surface area contributed by atoms with Crippen molar-refractivity contribution < 1.29 is 9.53 Å². The lowest BCUT2D eigenvalue weighted by Crippen LogP contribution is -2.39. The van der Waals surface area contributed by atoms with Gasteiger partial charge in [-0.25, -0.2) is 0 Å². The number of hydrogen-bond acceptors (Lipinski definition) is 2. The summed E-state index contributed by atoms with van der Waals surface area (Å²) in [6.45, 7) is 5.43. The molecule has 1 N–H and O–H groups in total. The third kappa shape index (κ3) is 2.42. The number of rotatable bonds is 3. The second-order valence-electron chi connectivity index (χ2n) is 4.31. The van der Waals surface area contributed by atoms with Crippen molar-refractivity contribution in [2.75, 3.05) is 13.2 Å². The average Bonchev–Trinajstić information content (AvgIpc) is 2.14. The third-order valence-corrected chi connectivity index (χ3v) is 2.91. The Morgan fingerprint density at radius 3 is 2.81 bits per heavy atom. The maximum absolute atomic E-state index is 11.9. The van der Waals surface area contributed by atoms with Gasteiger partial charge in [-0.15, -0.1) is 0 Å². The van der Waals surface area contributed by atoms with Crippen LogP contribution in [0.1, 0.15) is 27.9 Å². The summed E-state index contributed by atoms with van der Waals surface area (Å²) in [5, 5.41) is 2.90. The van der Waals surface area contributed by atoms with Crippen molar-refractivity contribution in [1.82, 2.24) is 5.32 Å². The number of nitrogens with one attached hydrogen (secondary N) is 1. The number of benzene rings is 1. The number of aryl methyl sites for hydroxylation is 2. The highest BCUT2D eigenvalue weighted by Gasteiger charge is 2.19. The molecule has 0 radical (unpaired) electrons. The lowest BCUT2D eigenvalue weighted by molar-refractivity contribution is -0.0472. The number of carbonyl (C=O) groups is 1. The molecule has 1 unspecified atom stereocenters. The number of ether oxygens (including phenoxy) is 1. The first-order valence-electron chi connectivity index (χ1n) is 5.64. The molecule has 1 aromatic rings. The Kier molecular flexibility index (Phi) is 3.25. The zero-order valence-electron chi connectivity index (χ0n) is 9.75. The molecule has 1 atom stereocenters. The molecule has 3 nitrogen and oxygen atoms in total. The number of carbonyl (C=O) groups excluding carboxylic acids is 1. The molecule has 1 saturated heterocycles. The molecule has 16 heavy (non-hydrogen) atoms. The topological polar surface area (TPSA) is 38.3 Å². The first kappa shape index (κ1) is 11.1. The Morgan fingerprint density at radius 1 is 1.50 bits per heavy atom. The van der Waals surface area contributed by atoms with Crippen LogP contribution in [0.5, 0.6) is 0 Å². The summed E-state index contributed by atoms with van der Waals surface area (Å²) in [6, 6.07) is 5.86. The van der Waals surface area contributed by atoms with E-state index < -0.39 is 0 Å². The van der Waals surface area contributed by atoms with Crippen LogP contribution in [-0.4, -0.2) is 25.2 Å². The number of amides is 1. The second-order valence-corrected chi connectivity index (χ2v) is 4.31. The van der Waals surface area contributed by atoms with E-state index in [4.69, 9.17) is 4.74 Å². The Bertz CT molecular complexity index is 397. The molecule has 1 heterocycles. The van der Waals surface area contributed by atoms with Gasteiger partial charge >= 0.3 is 0 Å². The van der Waals surface area contributed by atoms with Crippen molar-refractivity contribution in [1.29, 1.82) is 0 Å². The van der Waals surface area contributed by atoms with E-state index in [1.807, 2.05) is 32.0 Å². The van der Waals surface area contributed by atoms with Gasteiger partial charge in [-0.3, -0.25) is 4.79 Å². The minimum Gasteiger partial charge on any atom is -0.376 e. The van der Waals surface area contributed by atoms with Crippen molar-refractivity contribution in [3.05, 3.63) is 34.9 Å². The zero-order valence-corrected chi connectivity index (χ0v) is 9.75. The van der Waals surface area contributed by atoms with Gasteiger partial charge in [-0.05, 0) is 31.9 Å². The van der Waals surface area contributed by atoms with Crippen LogP contribution in [0.2, 0.25) is 0 Å². The van der Waals surface area contributed by atoms with Crippen LogP contribution < -0.4 is 5.32 Å². The van der Waals surface area contributed by atoms with Crippen molar-refractivity contribution in [3.63, 3.8) is 0 Å². The first-order chi connectivity index (χ1) is 7.66. The molecule has 1 aromatic carbocycles. The SMILES string of the molecule is Cc1ccc(C(=O)NCC2CCO2)c(C)c1. The van der Waals surface area contributed by atoms with Crippen LogP contribution >= 0.6 is 0 Å². The molecule has 0 aromatic heterocycles. The van der Waals surface area contributed by atoms with Crippen LogP contribution in [0, 0.1) is 13.8 Å². The quantitative estimate of drug-likeness (QED) is 0.842. The first-order valence-corrected chi connectivity index (χ1v) is 5.64. The molecule has 86 valence electrons. The molecule has 2 rings (SSSR count). The summed E-state index contributed by atoms with van der Waals surface area (Å²) in [4.78, 5) is 11.9. The lowest BCUT2D eigenvalue weighted by Gasteiger charge is -2.26. The molecule has 1 fully saturated rings. The summed E-state index contributed by atoms with van der Waals surface area (Å²) < 4.78 is 5.25. The summed E-state index contributed by atoms with van der Waals surface area (Å²) in [5.41, 5.74) is 2.95. The zero-order chi connectivity index (χ0) is 11.5. The van der Waals surface area contributed by atoms with Crippen molar-refractivity contribution >= 4 is 5.91 Å². The fraction of sp³-hybridized carbons (Fsp3) is 0.462.